The maximum atomic E-state index is 9.73. The third-order valence-corrected chi connectivity index (χ3v) is 4.04. The Kier molecular flexibility index (Phi) is 2.68. The predicted octanol–water partition coefficient (Wildman–Crippen LogP) is 2.34. The Morgan fingerprint density at radius 2 is 2.05 bits per heavy atom. The summed E-state index contributed by atoms with van der Waals surface area (Å²) in [6.07, 6.45) is 1.63. The molecule has 1 unspecified atom stereocenters. The fraction of sp³-hybridized carbons (Fsp3) is 0.533. The first-order chi connectivity index (χ1) is 9.05. The fourth-order valence-electron chi connectivity index (χ4n) is 3.12. The van der Waals surface area contributed by atoms with Gasteiger partial charge in [0.15, 0.2) is 11.5 Å². The maximum absolute atomic E-state index is 9.73. The molecule has 2 aliphatic rings. The molecule has 0 bridgehead atoms. The molecule has 0 amide bonds. The van der Waals surface area contributed by atoms with Gasteiger partial charge in [0.05, 0.1) is 11.5 Å². The molecule has 0 aliphatic carbocycles. The predicted molar refractivity (Wildman–Crippen MR) is 71.2 cm³/mol. The van der Waals surface area contributed by atoms with E-state index in [1.54, 1.807) is 0 Å². The molecular formula is C15H18N2O2. The second-order valence-corrected chi connectivity index (χ2v) is 6.00. The molecule has 0 saturated carbocycles. The number of ether oxygens (including phenoxy) is 2. The van der Waals surface area contributed by atoms with E-state index in [1.165, 1.54) is 0 Å². The Bertz CT molecular complexity index is 548. The van der Waals surface area contributed by atoms with E-state index in [4.69, 9.17) is 9.47 Å². The van der Waals surface area contributed by atoms with Crippen LogP contribution in [0, 0.1) is 11.3 Å². The normalized spacial score (nSPS) is 27.8. The maximum Gasteiger partial charge on any atom is 0.231 e. The Balaban J connectivity index is 2.00. The molecule has 0 aromatic heterocycles. The number of rotatable bonds is 1. The van der Waals surface area contributed by atoms with Crippen molar-refractivity contribution in [2.24, 2.45) is 0 Å². The average molecular weight is 258 g/mol. The topological polar surface area (TPSA) is 54.3 Å². The van der Waals surface area contributed by atoms with Gasteiger partial charge in [0.1, 0.15) is 0 Å². The van der Waals surface area contributed by atoms with Crippen molar-refractivity contribution in [2.75, 3.05) is 13.3 Å². The first kappa shape index (κ1) is 12.3. The summed E-state index contributed by atoms with van der Waals surface area (Å²) in [5.41, 5.74) is 0.578. The van der Waals surface area contributed by atoms with E-state index in [-0.39, 0.29) is 12.3 Å². The number of fused-ring (bicyclic) bond motifs is 1. The number of benzene rings is 1. The third-order valence-electron chi connectivity index (χ3n) is 4.04. The lowest BCUT2D eigenvalue weighted by atomic mass is 9.68. The fourth-order valence-corrected chi connectivity index (χ4v) is 3.12. The van der Waals surface area contributed by atoms with Crippen LogP contribution in [0.25, 0.3) is 0 Å². The molecule has 0 spiro atoms. The molecular weight excluding hydrogens is 240 g/mol. The molecule has 3 rings (SSSR count). The van der Waals surface area contributed by atoms with Crippen molar-refractivity contribution >= 4 is 0 Å². The molecule has 2 aliphatic heterocycles. The Labute approximate surface area is 113 Å². The molecule has 1 atom stereocenters. The number of hydrogen-bond donors (Lipinski definition) is 1. The second-order valence-electron chi connectivity index (χ2n) is 6.00. The average Bonchev–Trinajstić information content (AvgIpc) is 2.84. The number of hydrogen-bond acceptors (Lipinski definition) is 4. The summed E-state index contributed by atoms with van der Waals surface area (Å²) in [4.78, 5) is 0. The zero-order valence-corrected chi connectivity index (χ0v) is 11.3. The van der Waals surface area contributed by atoms with Crippen LogP contribution in [0.5, 0.6) is 11.5 Å². The highest BCUT2D eigenvalue weighted by atomic mass is 16.7. The van der Waals surface area contributed by atoms with E-state index in [0.29, 0.717) is 0 Å². The van der Waals surface area contributed by atoms with Gasteiger partial charge >= 0.3 is 0 Å². The van der Waals surface area contributed by atoms with Crippen LogP contribution < -0.4 is 14.8 Å². The highest BCUT2D eigenvalue weighted by Crippen LogP contribution is 2.42. The minimum Gasteiger partial charge on any atom is -0.454 e. The lowest BCUT2D eigenvalue weighted by molar-refractivity contribution is 0.173. The van der Waals surface area contributed by atoms with Crippen molar-refractivity contribution in [1.29, 1.82) is 5.26 Å². The summed E-state index contributed by atoms with van der Waals surface area (Å²) >= 11 is 0. The van der Waals surface area contributed by atoms with Crippen LogP contribution >= 0.6 is 0 Å². The minimum atomic E-state index is -0.435. The minimum absolute atomic E-state index is 0.0235. The monoisotopic (exact) mass is 258 g/mol. The lowest BCUT2D eigenvalue weighted by Crippen LogP contribution is -2.52. The first-order valence-corrected chi connectivity index (χ1v) is 6.61. The molecule has 4 heteroatoms. The van der Waals surface area contributed by atoms with Crippen molar-refractivity contribution in [3.63, 3.8) is 0 Å². The van der Waals surface area contributed by atoms with E-state index in [2.05, 4.69) is 25.2 Å². The molecule has 100 valence electrons. The Hall–Kier alpha value is -1.73. The quantitative estimate of drug-likeness (QED) is 0.840. The molecule has 0 radical (unpaired) electrons. The van der Waals surface area contributed by atoms with Gasteiger partial charge < -0.3 is 14.8 Å². The number of piperidine rings is 1. The van der Waals surface area contributed by atoms with Gasteiger partial charge in [0.2, 0.25) is 6.79 Å². The molecule has 1 saturated heterocycles. The molecule has 2 heterocycles. The van der Waals surface area contributed by atoms with Gasteiger partial charge in [0.25, 0.3) is 0 Å². The summed E-state index contributed by atoms with van der Waals surface area (Å²) in [7, 11) is 0. The van der Waals surface area contributed by atoms with E-state index in [1.807, 2.05) is 18.2 Å². The summed E-state index contributed by atoms with van der Waals surface area (Å²) in [6.45, 7) is 5.41. The summed E-state index contributed by atoms with van der Waals surface area (Å²) in [6, 6.07) is 8.42. The van der Waals surface area contributed by atoms with Crippen molar-refractivity contribution in [3.05, 3.63) is 23.8 Å². The van der Waals surface area contributed by atoms with Crippen molar-refractivity contribution in [1.82, 2.24) is 5.32 Å². The van der Waals surface area contributed by atoms with E-state index in [9.17, 15) is 5.26 Å². The second kappa shape index (κ2) is 4.14. The SMILES string of the molecule is CC1(C)CC(C#N)(c2ccc3c(c2)OCO3)CCN1. The molecule has 1 N–H and O–H groups in total. The van der Waals surface area contributed by atoms with Crippen LogP contribution in [-0.2, 0) is 5.41 Å². The van der Waals surface area contributed by atoms with Gasteiger partial charge in [0, 0.05) is 5.54 Å². The third kappa shape index (κ3) is 2.04. The van der Waals surface area contributed by atoms with Crippen LogP contribution in [0.2, 0.25) is 0 Å². The smallest absolute Gasteiger partial charge is 0.231 e. The van der Waals surface area contributed by atoms with Crippen LogP contribution in [0.4, 0.5) is 0 Å². The summed E-state index contributed by atoms with van der Waals surface area (Å²) < 4.78 is 10.8. The molecule has 1 aromatic rings. The zero-order valence-electron chi connectivity index (χ0n) is 11.3. The van der Waals surface area contributed by atoms with Crippen molar-refractivity contribution < 1.29 is 9.47 Å². The largest absolute Gasteiger partial charge is 0.454 e. The highest BCUT2D eigenvalue weighted by molar-refractivity contribution is 5.48. The van der Waals surface area contributed by atoms with Crippen molar-refractivity contribution in [3.8, 4) is 17.6 Å². The highest BCUT2D eigenvalue weighted by Gasteiger charge is 2.42. The first-order valence-electron chi connectivity index (χ1n) is 6.61. The molecule has 1 aromatic carbocycles. The lowest BCUT2D eigenvalue weighted by Gasteiger charge is -2.42. The van der Waals surface area contributed by atoms with Crippen LogP contribution in [0.15, 0.2) is 18.2 Å². The zero-order chi connectivity index (χ0) is 13.5. The van der Waals surface area contributed by atoms with Gasteiger partial charge in [-0.1, -0.05) is 6.07 Å². The molecule has 4 nitrogen and oxygen atoms in total. The molecule has 1 fully saturated rings. The van der Waals surface area contributed by atoms with E-state index >= 15 is 0 Å². The van der Waals surface area contributed by atoms with Gasteiger partial charge in [-0.2, -0.15) is 5.26 Å². The number of nitrogens with zero attached hydrogens (tertiary/aromatic N) is 1. The number of nitriles is 1. The van der Waals surface area contributed by atoms with Gasteiger partial charge in [-0.25, -0.2) is 0 Å². The van der Waals surface area contributed by atoms with Gasteiger partial charge in [-0.15, -0.1) is 0 Å². The Morgan fingerprint density at radius 1 is 1.26 bits per heavy atom. The van der Waals surface area contributed by atoms with Gasteiger partial charge in [-0.3, -0.25) is 0 Å². The number of nitrogens with one attached hydrogen (secondary N) is 1. The summed E-state index contributed by atoms with van der Waals surface area (Å²) in [5, 5.41) is 13.2. The Morgan fingerprint density at radius 3 is 2.79 bits per heavy atom. The summed E-state index contributed by atoms with van der Waals surface area (Å²) in [5.74, 6) is 1.52. The van der Waals surface area contributed by atoms with Crippen LogP contribution in [0.3, 0.4) is 0 Å². The van der Waals surface area contributed by atoms with Crippen molar-refractivity contribution in [2.45, 2.75) is 37.6 Å². The van der Waals surface area contributed by atoms with E-state index in [0.717, 1.165) is 36.4 Å². The van der Waals surface area contributed by atoms with Crippen LogP contribution in [0.1, 0.15) is 32.3 Å². The van der Waals surface area contributed by atoms with Gasteiger partial charge in [-0.05, 0) is 50.9 Å². The van der Waals surface area contributed by atoms with E-state index < -0.39 is 5.41 Å². The molecule has 19 heavy (non-hydrogen) atoms. The van der Waals surface area contributed by atoms with Crippen LogP contribution in [-0.4, -0.2) is 18.9 Å². The standard InChI is InChI=1S/C15H18N2O2/c1-14(2)8-15(9-16,5-6-17-14)11-3-4-12-13(7-11)19-10-18-12/h3-4,7,17H,5-6,8,10H2,1-2H3.